The minimum atomic E-state index is -3.05. The van der Waals surface area contributed by atoms with E-state index in [1.54, 1.807) is 20.8 Å². The van der Waals surface area contributed by atoms with Gasteiger partial charge < -0.3 is 9.47 Å². The zero-order valence-corrected chi connectivity index (χ0v) is 11.3. The third-order valence-corrected chi connectivity index (χ3v) is 1.93. The molecule has 0 bridgehead atoms. The first-order valence-corrected chi connectivity index (χ1v) is 5.66. The standard InChI is InChI=1S/C11H13ClF2N2O3/c1-11(2,3)19-10(17)16-7-5-4-6(12)8(15-7)18-9(13)14/h4-5,9H,1-3H3,(H,15,16,17). The van der Waals surface area contributed by atoms with Gasteiger partial charge in [0.05, 0.1) is 0 Å². The van der Waals surface area contributed by atoms with Crippen molar-refractivity contribution in [3.63, 3.8) is 0 Å². The van der Waals surface area contributed by atoms with Crippen molar-refractivity contribution >= 4 is 23.5 Å². The van der Waals surface area contributed by atoms with Gasteiger partial charge in [0.25, 0.3) is 0 Å². The zero-order valence-electron chi connectivity index (χ0n) is 10.5. The van der Waals surface area contributed by atoms with Gasteiger partial charge in [-0.1, -0.05) is 11.6 Å². The molecule has 106 valence electrons. The number of pyridine rings is 1. The number of ether oxygens (including phenoxy) is 2. The third kappa shape index (κ3) is 5.69. The average molecular weight is 295 g/mol. The third-order valence-electron chi connectivity index (χ3n) is 1.64. The monoisotopic (exact) mass is 294 g/mol. The van der Waals surface area contributed by atoms with E-state index >= 15 is 0 Å². The van der Waals surface area contributed by atoms with Gasteiger partial charge in [-0.3, -0.25) is 5.32 Å². The number of hydrogen-bond acceptors (Lipinski definition) is 4. The van der Waals surface area contributed by atoms with Crippen molar-refractivity contribution in [1.82, 2.24) is 4.98 Å². The molecule has 1 N–H and O–H groups in total. The molecular formula is C11H13ClF2N2O3. The van der Waals surface area contributed by atoms with E-state index in [0.29, 0.717) is 0 Å². The molecule has 1 amide bonds. The Hall–Kier alpha value is -1.63. The van der Waals surface area contributed by atoms with Gasteiger partial charge in [-0.2, -0.15) is 13.8 Å². The lowest BCUT2D eigenvalue weighted by molar-refractivity contribution is -0.0526. The minimum Gasteiger partial charge on any atom is -0.444 e. The molecule has 0 aromatic carbocycles. The van der Waals surface area contributed by atoms with E-state index in [-0.39, 0.29) is 10.8 Å². The molecule has 0 spiro atoms. The summed E-state index contributed by atoms with van der Waals surface area (Å²) in [5, 5.41) is 2.20. The van der Waals surface area contributed by atoms with Crippen LogP contribution in [0.5, 0.6) is 5.88 Å². The first kappa shape index (κ1) is 15.4. The van der Waals surface area contributed by atoms with Gasteiger partial charge in [0.2, 0.25) is 5.88 Å². The summed E-state index contributed by atoms with van der Waals surface area (Å²) in [6.45, 7) is 2.01. The number of carbonyl (C=O) groups is 1. The molecule has 1 aromatic rings. The largest absolute Gasteiger partial charge is 0.444 e. The van der Waals surface area contributed by atoms with E-state index in [2.05, 4.69) is 15.0 Å². The van der Waals surface area contributed by atoms with Gasteiger partial charge >= 0.3 is 12.7 Å². The second-order valence-electron chi connectivity index (χ2n) is 4.49. The molecule has 0 fully saturated rings. The van der Waals surface area contributed by atoms with Gasteiger partial charge in [0.15, 0.2) is 0 Å². The first-order chi connectivity index (χ1) is 8.67. The number of amides is 1. The molecule has 0 aliphatic carbocycles. The number of rotatable bonds is 3. The van der Waals surface area contributed by atoms with E-state index in [1.807, 2.05) is 0 Å². The Kier molecular flexibility index (Phi) is 4.88. The van der Waals surface area contributed by atoms with Crippen LogP contribution in [-0.2, 0) is 4.74 Å². The fourth-order valence-corrected chi connectivity index (χ4v) is 1.22. The maximum atomic E-state index is 12.1. The summed E-state index contributed by atoms with van der Waals surface area (Å²) in [5.74, 6) is -0.473. The molecule has 19 heavy (non-hydrogen) atoms. The van der Waals surface area contributed by atoms with Gasteiger partial charge in [0, 0.05) is 0 Å². The number of aromatic nitrogens is 1. The summed E-state index contributed by atoms with van der Waals surface area (Å²) in [5.41, 5.74) is -0.682. The van der Waals surface area contributed by atoms with Gasteiger partial charge in [0.1, 0.15) is 16.4 Å². The lowest BCUT2D eigenvalue weighted by atomic mass is 10.2. The summed E-state index contributed by atoms with van der Waals surface area (Å²) in [6, 6.07) is 2.61. The Labute approximate surface area is 113 Å². The normalized spacial score (nSPS) is 11.3. The number of halogens is 3. The molecule has 0 radical (unpaired) electrons. The van der Waals surface area contributed by atoms with Crippen LogP contribution in [0.2, 0.25) is 5.02 Å². The highest BCUT2D eigenvalue weighted by molar-refractivity contribution is 6.31. The Balaban J connectivity index is 2.77. The van der Waals surface area contributed by atoms with Crippen LogP contribution in [0.1, 0.15) is 20.8 Å². The highest BCUT2D eigenvalue weighted by Gasteiger charge is 2.17. The maximum Gasteiger partial charge on any atom is 0.413 e. The van der Waals surface area contributed by atoms with Crippen molar-refractivity contribution in [1.29, 1.82) is 0 Å². The molecule has 0 aliphatic rings. The Morgan fingerprint density at radius 1 is 1.42 bits per heavy atom. The number of nitrogens with one attached hydrogen (secondary N) is 1. The van der Waals surface area contributed by atoms with Crippen LogP contribution >= 0.6 is 11.6 Å². The fraction of sp³-hybridized carbons (Fsp3) is 0.455. The Morgan fingerprint density at radius 3 is 2.58 bits per heavy atom. The zero-order chi connectivity index (χ0) is 14.6. The van der Waals surface area contributed by atoms with Crippen LogP contribution in [0.4, 0.5) is 19.4 Å². The summed E-state index contributed by atoms with van der Waals surface area (Å²) in [7, 11) is 0. The summed E-state index contributed by atoms with van der Waals surface area (Å²) < 4.78 is 33.2. The lowest BCUT2D eigenvalue weighted by Crippen LogP contribution is -2.27. The molecule has 0 atom stereocenters. The molecule has 0 aliphatic heterocycles. The number of nitrogens with zero attached hydrogens (tertiary/aromatic N) is 1. The van der Waals surface area contributed by atoms with Gasteiger partial charge in [-0.05, 0) is 32.9 Å². The van der Waals surface area contributed by atoms with Crippen LogP contribution < -0.4 is 10.1 Å². The molecule has 1 rings (SSSR count). The first-order valence-electron chi connectivity index (χ1n) is 5.29. The highest BCUT2D eigenvalue weighted by Crippen LogP contribution is 2.25. The van der Waals surface area contributed by atoms with Gasteiger partial charge in [-0.25, -0.2) is 4.79 Å². The van der Waals surface area contributed by atoms with E-state index in [1.165, 1.54) is 12.1 Å². The van der Waals surface area contributed by atoms with Crippen molar-refractivity contribution in [2.45, 2.75) is 33.0 Å². The topological polar surface area (TPSA) is 60.5 Å². The molecule has 0 unspecified atom stereocenters. The van der Waals surface area contributed by atoms with E-state index < -0.39 is 24.2 Å². The van der Waals surface area contributed by atoms with Crippen LogP contribution in [0.25, 0.3) is 0 Å². The minimum absolute atomic E-state index is 0.00528. The molecule has 5 nitrogen and oxygen atoms in total. The Bertz CT molecular complexity index is 464. The van der Waals surface area contributed by atoms with Crippen molar-refractivity contribution in [3.8, 4) is 5.88 Å². The molecule has 1 aromatic heterocycles. The highest BCUT2D eigenvalue weighted by atomic mass is 35.5. The molecule has 0 saturated carbocycles. The predicted molar refractivity (Wildman–Crippen MR) is 65.7 cm³/mol. The molecule has 0 saturated heterocycles. The van der Waals surface area contributed by atoms with Crippen molar-refractivity contribution in [3.05, 3.63) is 17.2 Å². The SMILES string of the molecule is CC(C)(C)OC(=O)Nc1ccc(Cl)c(OC(F)F)n1. The van der Waals surface area contributed by atoms with Crippen molar-refractivity contribution in [2.75, 3.05) is 5.32 Å². The van der Waals surface area contributed by atoms with Gasteiger partial charge in [-0.15, -0.1) is 0 Å². The molecule has 1 heterocycles. The maximum absolute atomic E-state index is 12.1. The van der Waals surface area contributed by atoms with E-state index in [9.17, 15) is 13.6 Å². The summed E-state index contributed by atoms with van der Waals surface area (Å²) in [6.07, 6.45) is -0.759. The summed E-state index contributed by atoms with van der Waals surface area (Å²) >= 11 is 5.62. The molecule has 8 heteroatoms. The number of hydrogen-bond donors (Lipinski definition) is 1. The number of anilines is 1. The number of carbonyl (C=O) groups excluding carboxylic acids is 1. The number of alkyl halides is 2. The van der Waals surface area contributed by atoms with Crippen LogP contribution in [0.15, 0.2) is 12.1 Å². The van der Waals surface area contributed by atoms with Crippen LogP contribution in [-0.4, -0.2) is 23.3 Å². The fourth-order valence-electron chi connectivity index (χ4n) is 1.07. The van der Waals surface area contributed by atoms with Crippen molar-refractivity contribution in [2.24, 2.45) is 0 Å². The Morgan fingerprint density at radius 2 is 2.05 bits per heavy atom. The predicted octanol–water partition coefficient (Wildman–Crippen LogP) is 3.68. The second-order valence-corrected chi connectivity index (χ2v) is 4.90. The average Bonchev–Trinajstić information content (AvgIpc) is 2.19. The smallest absolute Gasteiger partial charge is 0.413 e. The molecular weight excluding hydrogens is 282 g/mol. The van der Waals surface area contributed by atoms with Crippen LogP contribution in [0.3, 0.4) is 0 Å². The lowest BCUT2D eigenvalue weighted by Gasteiger charge is -2.19. The quantitative estimate of drug-likeness (QED) is 0.923. The second kappa shape index (κ2) is 6.01. The van der Waals surface area contributed by atoms with Crippen LogP contribution in [0, 0.1) is 0 Å². The summed E-state index contributed by atoms with van der Waals surface area (Å²) in [4.78, 5) is 15.1. The van der Waals surface area contributed by atoms with E-state index in [4.69, 9.17) is 16.3 Å². The van der Waals surface area contributed by atoms with E-state index in [0.717, 1.165) is 0 Å². The van der Waals surface area contributed by atoms with Crippen molar-refractivity contribution < 1.29 is 23.0 Å².